The Hall–Kier alpha value is -1.36. The number of carbonyl (C=O) groups excluding carboxylic acids is 1. The Morgan fingerprint density at radius 1 is 1.47 bits per heavy atom. The van der Waals surface area contributed by atoms with Crippen LogP contribution in [0.15, 0.2) is 12.7 Å². The molecule has 0 bridgehead atoms. The molecule has 0 unspecified atom stereocenters. The second-order valence-corrected chi connectivity index (χ2v) is 3.28. The Morgan fingerprint density at radius 3 is 2.67 bits per heavy atom. The summed E-state index contributed by atoms with van der Waals surface area (Å²) in [6.07, 6.45) is 3.72. The van der Waals surface area contributed by atoms with Gasteiger partial charge in [0.2, 0.25) is 5.91 Å². The summed E-state index contributed by atoms with van der Waals surface area (Å²) in [7, 11) is 0. The van der Waals surface area contributed by atoms with Gasteiger partial charge in [-0.1, -0.05) is 6.08 Å². The van der Waals surface area contributed by atoms with E-state index < -0.39 is 12.0 Å². The first kappa shape index (κ1) is 13.6. The smallest absolute Gasteiger partial charge is 0.320 e. The zero-order chi connectivity index (χ0) is 11.7. The quantitative estimate of drug-likeness (QED) is 0.399. The largest absolute Gasteiger partial charge is 0.480 e. The zero-order valence-corrected chi connectivity index (χ0v) is 8.74. The van der Waals surface area contributed by atoms with E-state index in [4.69, 9.17) is 10.8 Å². The van der Waals surface area contributed by atoms with E-state index >= 15 is 0 Å². The molecule has 4 N–H and O–H groups in total. The van der Waals surface area contributed by atoms with E-state index in [-0.39, 0.29) is 5.91 Å². The third-order valence-electron chi connectivity index (χ3n) is 1.91. The van der Waals surface area contributed by atoms with Gasteiger partial charge in [0, 0.05) is 13.0 Å². The van der Waals surface area contributed by atoms with Crippen LogP contribution in [0.1, 0.15) is 25.7 Å². The highest BCUT2D eigenvalue weighted by Crippen LogP contribution is 1.98. The second-order valence-electron chi connectivity index (χ2n) is 3.28. The molecule has 0 rings (SSSR count). The Bertz CT molecular complexity index is 229. The van der Waals surface area contributed by atoms with Crippen molar-refractivity contribution in [2.24, 2.45) is 5.73 Å². The maximum Gasteiger partial charge on any atom is 0.320 e. The number of carbonyl (C=O) groups is 2. The molecule has 15 heavy (non-hydrogen) atoms. The molecule has 0 aliphatic rings. The summed E-state index contributed by atoms with van der Waals surface area (Å²) in [6.45, 7) is 4.00. The van der Waals surface area contributed by atoms with E-state index in [9.17, 15) is 9.59 Å². The highest BCUT2D eigenvalue weighted by molar-refractivity contribution is 5.77. The summed E-state index contributed by atoms with van der Waals surface area (Å²) in [6, 6.07) is -0.797. The molecule has 0 heterocycles. The van der Waals surface area contributed by atoms with Crippen molar-refractivity contribution in [3.63, 3.8) is 0 Å². The van der Waals surface area contributed by atoms with Gasteiger partial charge in [0.05, 0.1) is 0 Å². The Kier molecular flexibility index (Phi) is 7.27. The summed E-state index contributed by atoms with van der Waals surface area (Å²) < 4.78 is 0. The number of carboxylic acids is 1. The standard InChI is InChI=1S/C10H18N2O3/c1-2-5-9(13)12-7-4-3-6-8(11)10(14)15/h2,8H,1,3-7,11H2,(H,12,13)(H,14,15)/t8-/m0/s1. The molecule has 0 aromatic rings. The molecule has 5 heteroatoms. The fraction of sp³-hybridized carbons (Fsp3) is 0.600. The Labute approximate surface area is 89.3 Å². The minimum Gasteiger partial charge on any atom is -0.480 e. The van der Waals surface area contributed by atoms with Crippen molar-refractivity contribution in [3.8, 4) is 0 Å². The number of amides is 1. The average Bonchev–Trinajstić information content (AvgIpc) is 2.17. The molecule has 0 aromatic heterocycles. The molecule has 1 amide bonds. The van der Waals surface area contributed by atoms with Gasteiger partial charge in [-0.3, -0.25) is 9.59 Å². The van der Waals surface area contributed by atoms with E-state index in [1.165, 1.54) is 6.08 Å². The molecule has 0 aliphatic carbocycles. The Balaban J connectivity index is 3.35. The number of carboxylic acid groups (broad SMARTS) is 1. The fourth-order valence-corrected chi connectivity index (χ4v) is 1.04. The molecule has 0 saturated heterocycles. The Morgan fingerprint density at radius 2 is 2.13 bits per heavy atom. The van der Waals surface area contributed by atoms with Gasteiger partial charge in [-0.25, -0.2) is 0 Å². The molecule has 0 saturated carbocycles. The maximum absolute atomic E-state index is 10.9. The lowest BCUT2D eigenvalue weighted by Crippen LogP contribution is -2.30. The van der Waals surface area contributed by atoms with Crippen molar-refractivity contribution >= 4 is 11.9 Å². The number of hydrogen-bond donors (Lipinski definition) is 3. The first-order valence-corrected chi connectivity index (χ1v) is 4.94. The molecule has 0 spiro atoms. The summed E-state index contributed by atoms with van der Waals surface area (Å²) in [5, 5.41) is 11.2. The van der Waals surface area contributed by atoms with Gasteiger partial charge < -0.3 is 16.2 Å². The third-order valence-corrected chi connectivity index (χ3v) is 1.91. The van der Waals surface area contributed by atoms with E-state index in [2.05, 4.69) is 11.9 Å². The fourth-order valence-electron chi connectivity index (χ4n) is 1.04. The van der Waals surface area contributed by atoms with Crippen molar-refractivity contribution in [1.29, 1.82) is 0 Å². The monoisotopic (exact) mass is 214 g/mol. The van der Waals surface area contributed by atoms with Crippen LogP contribution in [-0.2, 0) is 9.59 Å². The molecule has 0 aromatic carbocycles. The van der Waals surface area contributed by atoms with Crippen LogP contribution >= 0.6 is 0 Å². The molecule has 86 valence electrons. The van der Waals surface area contributed by atoms with Crippen LogP contribution in [0, 0.1) is 0 Å². The summed E-state index contributed by atoms with van der Waals surface area (Å²) in [5.41, 5.74) is 5.31. The highest BCUT2D eigenvalue weighted by Gasteiger charge is 2.09. The van der Waals surface area contributed by atoms with Crippen molar-refractivity contribution in [2.45, 2.75) is 31.7 Å². The zero-order valence-electron chi connectivity index (χ0n) is 8.74. The molecule has 0 aliphatic heterocycles. The predicted molar refractivity (Wildman–Crippen MR) is 57.3 cm³/mol. The van der Waals surface area contributed by atoms with Crippen LogP contribution in [0.3, 0.4) is 0 Å². The maximum atomic E-state index is 10.9. The van der Waals surface area contributed by atoms with Crippen LogP contribution in [0.4, 0.5) is 0 Å². The number of hydrogen-bond acceptors (Lipinski definition) is 3. The van der Waals surface area contributed by atoms with E-state index in [0.29, 0.717) is 25.8 Å². The topological polar surface area (TPSA) is 92.4 Å². The van der Waals surface area contributed by atoms with Crippen LogP contribution < -0.4 is 11.1 Å². The van der Waals surface area contributed by atoms with E-state index in [0.717, 1.165) is 6.42 Å². The van der Waals surface area contributed by atoms with Crippen LogP contribution in [0.2, 0.25) is 0 Å². The van der Waals surface area contributed by atoms with Gasteiger partial charge >= 0.3 is 5.97 Å². The van der Waals surface area contributed by atoms with E-state index in [1.54, 1.807) is 0 Å². The summed E-state index contributed by atoms with van der Waals surface area (Å²) in [4.78, 5) is 21.3. The predicted octanol–water partition coefficient (Wildman–Crippen LogP) is 0.261. The summed E-state index contributed by atoms with van der Waals surface area (Å²) in [5.74, 6) is -1.04. The first-order chi connectivity index (χ1) is 7.07. The summed E-state index contributed by atoms with van der Waals surface area (Å²) >= 11 is 0. The van der Waals surface area contributed by atoms with Gasteiger partial charge in [0.25, 0.3) is 0 Å². The van der Waals surface area contributed by atoms with Gasteiger partial charge in [-0.05, 0) is 19.3 Å². The normalized spacial score (nSPS) is 11.8. The number of unbranched alkanes of at least 4 members (excludes halogenated alkanes) is 1. The van der Waals surface area contributed by atoms with Crippen molar-refractivity contribution < 1.29 is 14.7 Å². The van der Waals surface area contributed by atoms with Crippen LogP contribution in [0.25, 0.3) is 0 Å². The number of rotatable bonds is 8. The lowest BCUT2D eigenvalue weighted by Gasteiger charge is -2.06. The van der Waals surface area contributed by atoms with Crippen molar-refractivity contribution in [3.05, 3.63) is 12.7 Å². The molecular weight excluding hydrogens is 196 g/mol. The molecule has 5 nitrogen and oxygen atoms in total. The first-order valence-electron chi connectivity index (χ1n) is 4.94. The lowest BCUT2D eigenvalue weighted by atomic mass is 10.1. The van der Waals surface area contributed by atoms with Crippen LogP contribution in [-0.4, -0.2) is 29.6 Å². The molecule has 0 fully saturated rings. The molecule has 1 atom stereocenters. The van der Waals surface area contributed by atoms with Crippen molar-refractivity contribution in [2.75, 3.05) is 6.54 Å². The van der Waals surface area contributed by atoms with Gasteiger partial charge in [0.15, 0.2) is 0 Å². The lowest BCUT2D eigenvalue weighted by molar-refractivity contribution is -0.138. The minimum absolute atomic E-state index is 0.0625. The highest BCUT2D eigenvalue weighted by atomic mass is 16.4. The minimum atomic E-state index is -0.981. The molecular formula is C10H18N2O3. The third kappa shape index (κ3) is 7.69. The SMILES string of the molecule is C=CCC(=O)NCCCC[C@H](N)C(=O)O. The van der Waals surface area contributed by atoms with Gasteiger partial charge in [-0.2, -0.15) is 0 Å². The second kappa shape index (κ2) is 7.99. The average molecular weight is 214 g/mol. The van der Waals surface area contributed by atoms with Gasteiger partial charge in [0.1, 0.15) is 6.04 Å². The van der Waals surface area contributed by atoms with E-state index in [1.807, 2.05) is 0 Å². The number of aliphatic carboxylic acids is 1. The van der Waals surface area contributed by atoms with Crippen LogP contribution in [0.5, 0.6) is 0 Å². The van der Waals surface area contributed by atoms with Gasteiger partial charge in [-0.15, -0.1) is 6.58 Å². The van der Waals surface area contributed by atoms with Crippen molar-refractivity contribution in [1.82, 2.24) is 5.32 Å². The molecule has 0 radical (unpaired) electrons. The number of nitrogens with two attached hydrogens (primary N) is 1. The number of nitrogens with one attached hydrogen (secondary N) is 1.